The topological polar surface area (TPSA) is 27.7 Å². The van der Waals surface area contributed by atoms with Crippen LogP contribution in [-0.2, 0) is 14.2 Å². The van der Waals surface area contributed by atoms with Crippen LogP contribution in [0.4, 0.5) is 0 Å². The van der Waals surface area contributed by atoms with Crippen molar-refractivity contribution in [3.05, 3.63) is 0 Å². The van der Waals surface area contributed by atoms with Crippen molar-refractivity contribution in [3.63, 3.8) is 0 Å². The van der Waals surface area contributed by atoms with Gasteiger partial charge in [0.05, 0.1) is 0 Å². The molecule has 20 heavy (non-hydrogen) atoms. The van der Waals surface area contributed by atoms with E-state index in [4.69, 9.17) is 14.2 Å². The highest BCUT2D eigenvalue weighted by Crippen LogP contribution is 2.65. The van der Waals surface area contributed by atoms with Gasteiger partial charge in [0.2, 0.25) is 0 Å². The molecule has 3 heterocycles. The van der Waals surface area contributed by atoms with E-state index in [2.05, 4.69) is 43.6 Å². The molecule has 4 heteroatoms. The monoisotopic (exact) mass is 344 g/mol. The van der Waals surface area contributed by atoms with E-state index in [-0.39, 0.29) is 16.4 Å². The number of alkyl halides is 1. The van der Waals surface area contributed by atoms with Crippen molar-refractivity contribution >= 4 is 15.9 Å². The first-order chi connectivity index (χ1) is 9.29. The lowest BCUT2D eigenvalue weighted by atomic mass is 9.56. The molecular formula is C16H25BrO3. The van der Waals surface area contributed by atoms with Crippen molar-refractivity contribution in [1.29, 1.82) is 0 Å². The van der Waals surface area contributed by atoms with E-state index >= 15 is 0 Å². The third kappa shape index (κ3) is 1.57. The first kappa shape index (κ1) is 14.0. The van der Waals surface area contributed by atoms with Gasteiger partial charge in [-0.25, -0.2) is 0 Å². The fraction of sp³-hybridized carbons (Fsp3) is 1.00. The summed E-state index contributed by atoms with van der Waals surface area (Å²) in [5.74, 6) is 1.79. The Kier molecular flexibility index (Phi) is 2.80. The standard InChI is InChI=1S/C16H25BrO3/c1-9-5-6-12-10(2)15(4,17)19-13-16(12)11(9)7-8-14(3,18-13)20-16/h9-13H,5-8H2,1-4H3/t9-,10-,11?,12+,13+,14-,15+,16-/m1/s1. The zero-order chi connectivity index (χ0) is 14.3. The molecule has 4 fully saturated rings. The zero-order valence-corrected chi connectivity index (χ0v) is 14.4. The van der Waals surface area contributed by atoms with E-state index in [0.717, 1.165) is 6.42 Å². The molecule has 0 radical (unpaired) electrons. The van der Waals surface area contributed by atoms with Crippen LogP contribution in [0.1, 0.15) is 53.4 Å². The van der Waals surface area contributed by atoms with Crippen LogP contribution in [0, 0.1) is 23.7 Å². The summed E-state index contributed by atoms with van der Waals surface area (Å²) < 4.78 is 18.9. The minimum atomic E-state index is -0.441. The van der Waals surface area contributed by atoms with Gasteiger partial charge in [-0.3, -0.25) is 0 Å². The Morgan fingerprint density at radius 3 is 2.50 bits per heavy atom. The Labute approximate surface area is 129 Å². The highest BCUT2D eigenvalue weighted by atomic mass is 79.9. The lowest BCUT2D eigenvalue weighted by molar-refractivity contribution is -0.291. The number of rotatable bonds is 0. The molecule has 114 valence electrons. The summed E-state index contributed by atoms with van der Waals surface area (Å²) in [4.78, 5) is 0. The number of hydrogen-bond acceptors (Lipinski definition) is 3. The van der Waals surface area contributed by atoms with Gasteiger partial charge in [-0.15, -0.1) is 0 Å². The molecule has 4 rings (SSSR count). The Morgan fingerprint density at radius 1 is 1.00 bits per heavy atom. The lowest BCUT2D eigenvalue weighted by Gasteiger charge is -2.60. The summed E-state index contributed by atoms with van der Waals surface area (Å²) >= 11 is 3.79. The lowest BCUT2D eigenvalue weighted by Crippen LogP contribution is -2.67. The first-order valence-corrected chi connectivity index (χ1v) is 8.82. The summed E-state index contributed by atoms with van der Waals surface area (Å²) in [6, 6.07) is 0. The van der Waals surface area contributed by atoms with Crippen LogP contribution < -0.4 is 0 Å². The number of ether oxygens (including phenoxy) is 3. The number of hydrogen-bond donors (Lipinski definition) is 0. The van der Waals surface area contributed by atoms with Crippen molar-refractivity contribution in [3.8, 4) is 0 Å². The first-order valence-electron chi connectivity index (χ1n) is 8.03. The second-order valence-electron chi connectivity index (χ2n) is 7.74. The zero-order valence-electron chi connectivity index (χ0n) is 12.8. The van der Waals surface area contributed by atoms with Crippen LogP contribution in [0.5, 0.6) is 0 Å². The maximum Gasteiger partial charge on any atom is 0.192 e. The number of halogens is 1. The van der Waals surface area contributed by atoms with Crippen molar-refractivity contribution in [2.75, 3.05) is 0 Å². The third-order valence-corrected chi connectivity index (χ3v) is 7.47. The van der Waals surface area contributed by atoms with E-state index in [9.17, 15) is 0 Å². The largest absolute Gasteiger partial charge is 0.338 e. The summed E-state index contributed by atoms with van der Waals surface area (Å²) in [5, 5.41) is 0. The molecule has 0 amide bonds. The van der Waals surface area contributed by atoms with Crippen LogP contribution in [0.3, 0.4) is 0 Å². The molecular weight excluding hydrogens is 320 g/mol. The maximum atomic E-state index is 6.61. The van der Waals surface area contributed by atoms with Crippen molar-refractivity contribution in [2.45, 2.75) is 75.6 Å². The smallest absolute Gasteiger partial charge is 0.192 e. The normalized spacial score (nSPS) is 65.0. The van der Waals surface area contributed by atoms with Gasteiger partial charge in [0.25, 0.3) is 0 Å². The molecule has 0 aromatic heterocycles. The molecule has 2 bridgehead atoms. The van der Waals surface area contributed by atoms with Crippen LogP contribution in [-0.4, -0.2) is 22.2 Å². The molecule has 4 aliphatic rings. The molecule has 1 aliphatic carbocycles. The minimum Gasteiger partial charge on any atom is -0.338 e. The van der Waals surface area contributed by atoms with E-state index < -0.39 is 5.79 Å². The second kappa shape index (κ2) is 4.01. The van der Waals surface area contributed by atoms with Gasteiger partial charge in [-0.05, 0) is 50.9 Å². The van der Waals surface area contributed by atoms with Gasteiger partial charge in [-0.2, -0.15) is 0 Å². The fourth-order valence-corrected chi connectivity index (χ4v) is 5.81. The molecule has 1 saturated carbocycles. The molecule has 8 atom stereocenters. The Morgan fingerprint density at radius 2 is 1.75 bits per heavy atom. The van der Waals surface area contributed by atoms with Crippen LogP contribution >= 0.6 is 15.9 Å². The van der Waals surface area contributed by atoms with Crippen molar-refractivity contribution < 1.29 is 14.2 Å². The minimum absolute atomic E-state index is 0.211. The van der Waals surface area contributed by atoms with Gasteiger partial charge >= 0.3 is 0 Å². The molecule has 0 aromatic carbocycles. The molecule has 3 nitrogen and oxygen atoms in total. The summed E-state index contributed by atoms with van der Waals surface area (Å²) in [5.41, 5.74) is -0.211. The highest BCUT2D eigenvalue weighted by molar-refractivity contribution is 9.10. The SMILES string of the molecule is C[C@@H]1CC[C@H]2[C@@H](C)[C@@](C)(Br)O[C@@H]3O[C@@]4(C)CCC1[C@]32O4. The summed E-state index contributed by atoms with van der Waals surface area (Å²) in [7, 11) is 0. The Hall–Kier alpha value is 0.360. The van der Waals surface area contributed by atoms with Crippen molar-refractivity contribution in [2.24, 2.45) is 23.7 Å². The van der Waals surface area contributed by atoms with Gasteiger partial charge < -0.3 is 14.2 Å². The number of fused-ring (bicyclic) bond motifs is 1. The predicted octanol–water partition coefficient (Wildman–Crippen LogP) is 4.05. The van der Waals surface area contributed by atoms with Gasteiger partial charge in [0.1, 0.15) is 10.1 Å². The quantitative estimate of drug-likeness (QED) is 0.620. The van der Waals surface area contributed by atoms with E-state index in [1.807, 2.05) is 0 Å². The average Bonchev–Trinajstić information content (AvgIpc) is 2.55. The highest BCUT2D eigenvalue weighted by Gasteiger charge is 2.72. The van der Waals surface area contributed by atoms with Gasteiger partial charge in [0.15, 0.2) is 12.1 Å². The van der Waals surface area contributed by atoms with Crippen LogP contribution in [0.2, 0.25) is 0 Å². The van der Waals surface area contributed by atoms with Crippen LogP contribution in [0.15, 0.2) is 0 Å². The molecule has 3 aliphatic heterocycles. The maximum absolute atomic E-state index is 6.61. The molecule has 1 spiro atoms. The Bertz CT molecular complexity index is 439. The fourth-order valence-electron chi connectivity index (χ4n) is 5.33. The van der Waals surface area contributed by atoms with Crippen LogP contribution in [0.25, 0.3) is 0 Å². The Balaban J connectivity index is 1.83. The van der Waals surface area contributed by atoms with E-state index in [1.165, 1.54) is 19.3 Å². The molecule has 0 N–H and O–H groups in total. The van der Waals surface area contributed by atoms with E-state index in [1.54, 1.807) is 0 Å². The average molecular weight is 345 g/mol. The molecule has 0 aromatic rings. The van der Waals surface area contributed by atoms with Gasteiger partial charge in [0, 0.05) is 12.3 Å². The second-order valence-corrected chi connectivity index (χ2v) is 9.31. The van der Waals surface area contributed by atoms with Gasteiger partial charge in [-0.1, -0.05) is 29.8 Å². The summed E-state index contributed by atoms with van der Waals surface area (Å²) in [6.45, 7) is 8.90. The summed E-state index contributed by atoms with van der Waals surface area (Å²) in [6.07, 6.45) is 4.51. The van der Waals surface area contributed by atoms with E-state index in [0.29, 0.717) is 23.7 Å². The molecule has 3 saturated heterocycles. The van der Waals surface area contributed by atoms with Crippen molar-refractivity contribution in [1.82, 2.24) is 0 Å². The predicted molar refractivity (Wildman–Crippen MR) is 79.3 cm³/mol. The third-order valence-electron chi connectivity index (χ3n) is 6.56. The molecule has 1 unspecified atom stereocenters.